The van der Waals surface area contributed by atoms with Gasteiger partial charge < -0.3 is 9.30 Å². The summed E-state index contributed by atoms with van der Waals surface area (Å²) in [7, 11) is 0. The van der Waals surface area contributed by atoms with E-state index < -0.39 is 0 Å². The van der Waals surface area contributed by atoms with Crippen LogP contribution in [0.4, 0.5) is 4.39 Å². The summed E-state index contributed by atoms with van der Waals surface area (Å²) in [5.74, 6) is 0.664. The van der Waals surface area contributed by atoms with E-state index in [9.17, 15) is 9.18 Å². The van der Waals surface area contributed by atoms with Gasteiger partial charge in [-0.1, -0.05) is 35.9 Å². The minimum atomic E-state index is -0.305. The van der Waals surface area contributed by atoms with E-state index in [1.807, 2.05) is 36.4 Å². The van der Waals surface area contributed by atoms with Crippen LogP contribution in [0, 0.1) is 5.82 Å². The Bertz CT molecular complexity index is 1490. The Kier molecular flexibility index (Phi) is 8.21. The molecule has 202 valence electrons. The summed E-state index contributed by atoms with van der Waals surface area (Å²) in [6, 6.07) is 10.4. The van der Waals surface area contributed by atoms with Gasteiger partial charge in [0.2, 0.25) is 0 Å². The number of carbonyl (C=O) groups is 1. The monoisotopic (exact) mass is 546 g/mol. The minimum absolute atomic E-state index is 0.192. The highest BCUT2D eigenvalue weighted by Gasteiger charge is 2.35. The van der Waals surface area contributed by atoms with Crippen molar-refractivity contribution >= 4 is 35.6 Å². The first-order valence-corrected chi connectivity index (χ1v) is 13.5. The number of fused-ring (bicyclic) bond motifs is 1. The second kappa shape index (κ2) is 11.8. The van der Waals surface area contributed by atoms with Crippen LogP contribution in [-0.4, -0.2) is 52.8 Å². The van der Waals surface area contributed by atoms with Crippen LogP contribution < -0.4 is 0 Å². The number of benzene rings is 2. The third-order valence-corrected chi connectivity index (χ3v) is 7.70. The maximum absolute atomic E-state index is 14.0. The Labute approximate surface area is 233 Å². The topological polar surface area (TPSA) is 59.7 Å². The summed E-state index contributed by atoms with van der Waals surface area (Å²) in [6.07, 6.45) is 11.1. The molecule has 0 spiro atoms. The highest BCUT2D eigenvalue weighted by atomic mass is 35.5. The van der Waals surface area contributed by atoms with Crippen LogP contribution in [-0.2, 0) is 24.2 Å². The fourth-order valence-corrected chi connectivity index (χ4v) is 5.23. The molecule has 6 nitrogen and oxygen atoms in total. The van der Waals surface area contributed by atoms with Gasteiger partial charge in [-0.2, -0.15) is 0 Å². The number of nitrogens with zero attached hydrogens (tertiary/aromatic N) is 4. The van der Waals surface area contributed by atoms with Crippen LogP contribution in [0.25, 0.3) is 11.0 Å². The molecule has 1 atom stereocenters. The average molecular weight is 547 g/mol. The standard InChI is InChI=1S/C31H32ClFN4O2/c1-31(13-16-39-31)21-37-29-10-7-22(20-38)17-28(29)35-30(37)19-36-14-11-24(12-15-36)27(34-2)6-4-3-5-23-8-9-25(32)18-26(23)33/h3-4,6-11,17-18,20H,2,5,12-16,19,21H2,1H3/b4-3-,27-6-. The molecule has 2 aliphatic rings. The smallest absolute Gasteiger partial charge is 0.150 e. The first kappa shape index (κ1) is 27.2. The lowest BCUT2D eigenvalue weighted by atomic mass is 9.97. The first-order valence-electron chi connectivity index (χ1n) is 13.1. The predicted octanol–water partition coefficient (Wildman–Crippen LogP) is 6.34. The van der Waals surface area contributed by atoms with E-state index in [1.165, 1.54) is 6.07 Å². The first-order chi connectivity index (χ1) is 18.9. The molecule has 0 amide bonds. The molecule has 0 saturated carbocycles. The fraction of sp³-hybridized carbons (Fsp3) is 0.323. The molecule has 0 aliphatic carbocycles. The van der Waals surface area contributed by atoms with Gasteiger partial charge in [-0.15, -0.1) is 0 Å². The van der Waals surface area contributed by atoms with Gasteiger partial charge in [0.1, 0.15) is 17.9 Å². The van der Waals surface area contributed by atoms with Crippen molar-refractivity contribution in [1.29, 1.82) is 0 Å². The summed E-state index contributed by atoms with van der Waals surface area (Å²) in [6.45, 7) is 9.71. The number of hydrogen-bond acceptors (Lipinski definition) is 5. The largest absolute Gasteiger partial charge is 0.373 e. The normalized spacial score (nSPS) is 20.3. The third-order valence-electron chi connectivity index (χ3n) is 7.46. The molecule has 3 aromatic rings. The number of ether oxygens (including phenoxy) is 1. The molecule has 1 saturated heterocycles. The van der Waals surface area contributed by atoms with Crippen LogP contribution in [0.3, 0.4) is 0 Å². The van der Waals surface area contributed by atoms with Gasteiger partial charge in [-0.05, 0) is 74.0 Å². The van der Waals surface area contributed by atoms with Crippen molar-refractivity contribution in [3.8, 4) is 0 Å². The highest BCUT2D eigenvalue weighted by Crippen LogP contribution is 2.31. The summed E-state index contributed by atoms with van der Waals surface area (Å²) < 4.78 is 22.1. The molecule has 39 heavy (non-hydrogen) atoms. The van der Waals surface area contributed by atoms with E-state index in [1.54, 1.807) is 12.1 Å². The lowest BCUT2D eigenvalue weighted by Crippen LogP contribution is -2.44. The number of carbonyl (C=O) groups excluding carboxylic acids is 1. The Morgan fingerprint density at radius 2 is 2.15 bits per heavy atom. The molecule has 8 heteroatoms. The number of imidazole rings is 1. The van der Waals surface area contributed by atoms with Crippen molar-refractivity contribution in [3.05, 3.63) is 99.8 Å². The maximum atomic E-state index is 14.0. The Morgan fingerprint density at radius 3 is 2.82 bits per heavy atom. The molecule has 5 rings (SSSR count). The van der Waals surface area contributed by atoms with Crippen molar-refractivity contribution < 1.29 is 13.9 Å². The van der Waals surface area contributed by atoms with Crippen LogP contribution in [0.2, 0.25) is 5.02 Å². The van der Waals surface area contributed by atoms with Gasteiger partial charge >= 0.3 is 0 Å². The quantitative estimate of drug-likeness (QED) is 0.169. The number of aldehydes is 1. The van der Waals surface area contributed by atoms with Crippen LogP contribution in [0.1, 0.15) is 41.5 Å². The van der Waals surface area contributed by atoms with Crippen molar-refractivity contribution in [2.45, 2.75) is 44.9 Å². The zero-order valence-electron chi connectivity index (χ0n) is 22.1. The Hall–Kier alpha value is -3.39. The van der Waals surface area contributed by atoms with E-state index >= 15 is 0 Å². The number of halogens is 2. The second-order valence-corrected chi connectivity index (χ2v) is 10.8. The van der Waals surface area contributed by atoms with Crippen molar-refractivity contribution in [2.24, 2.45) is 4.99 Å². The SMILES string of the molecule is C=N/C(=C\C=C/Cc1ccc(Cl)cc1F)C1=CCN(Cc2nc3cc(C=O)ccc3n2CC2(C)CCO2)CC1. The fourth-order valence-electron chi connectivity index (χ4n) is 5.07. The summed E-state index contributed by atoms with van der Waals surface area (Å²) in [5.41, 5.74) is 4.84. The molecule has 3 heterocycles. The molecule has 2 aromatic carbocycles. The third kappa shape index (κ3) is 6.27. The van der Waals surface area contributed by atoms with Crippen molar-refractivity contribution in [3.63, 3.8) is 0 Å². The molecule has 1 aromatic heterocycles. The van der Waals surface area contributed by atoms with E-state index in [-0.39, 0.29) is 11.4 Å². The van der Waals surface area contributed by atoms with Crippen LogP contribution >= 0.6 is 11.6 Å². The van der Waals surface area contributed by atoms with Gasteiger partial charge in [-0.25, -0.2) is 9.37 Å². The zero-order valence-corrected chi connectivity index (χ0v) is 22.8. The number of hydrogen-bond donors (Lipinski definition) is 0. The van der Waals surface area contributed by atoms with Crippen molar-refractivity contribution in [1.82, 2.24) is 14.5 Å². The second-order valence-electron chi connectivity index (χ2n) is 10.3. The summed E-state index contributed by atoms with van der Waals surface area (Å²) in [5, 5.41) is 0.391. The van der Waals surface area contributed by atoms with Gasteiger partial charge in [0, 0.05) is 30.1 Å². The highest BCUT2D eigenvalue weighted by molar-refractivity contribution is 6.30. The number of allylic oxidation sites excluding steroid dienone is 4. The Balaban J connectivity index is 1.27. The van der Waals surface area contributed by atoms with E-state index in [4.69, 9.17) is 21.3 Å². The average Bonchev–Trinajstić information content (AvgIpc) is 3.25. The zero-order chi connectivity index (χ0) is 27.4. The summed E-state index contributed by atoms with van der Waals surface area (Å²) >= 11 is 5.83. The molecule has 0 bridgehead atoms. The molecular weight excluding hydrogens is 515 g/mol. The molecule has 2 aliphatic heterocycles. The van der Waals surface area contributed by atoms with Crippen LogP contribution in [0.15, 0.2) is 77.0 Å². The number of aliphatic imine (C=N–C) groups is 1. The van der Waals surface area contributed by atoms with Gasteiger partial charge in [0.05, 0.1) is 42.0 Å². The van der Waals surface area contributed by atoms with Crippen molar-refractivity contribution in [2.75, 3.05) is 19.7 Å². The molecule has 1 fully saturated rings. The lowest BCUT2D eigenvalue weighted by molar-refractivity contribution is -0.142. The number of rotatable bonds is 10. The minimum Gasteiger partial charge on any atom is -0.373 e. The predicted molar refractivity (Wildman–Crippen MR) is 154 cm³/mol. The molecule has 0 N–H and O–H groups in total. The summed E-state index contributed by atoms with van der Waals surface area (Å²) in [4.78, 5) is 22.8. The van der Waals surface area contributed by atoms with Gasteiger partial charge in [-0.3, -0.25) is 14.7 Å². The van der Waals surface area contributed by atoms with E-state index in [2.05, 4.69) is 34.2 Å². The maximum Gasteiger partial charge on any atom is 0.150 e. The van der Waals surface area contributed by atoms with Gasteiger partial charge in [0.15, 0.2) is 0 Å². The van der Waals surface area contributed by atoms with Gasteiger partial charge in [0.25, 0.3) is 0 Å². The Morgan fingerprint density at radius 1 is 1.31 bits per heavy atom. The molecule has 1 unspecified atom stereocenters. The van der Waals surface area contributed by atoms with E-state index in [0.29, 0.717) is 29.1 Å². The molecule has 0 radical (unpaired) electrons. The molecular formula is C31H32ClFN4O2. The van der Waals surface area contributed by atoms with E-state index in [0.717, 1.165) is 73.5 Å². The lowest BCUT2D eigenvalue weighted by Gasteiger charge is -2.39. The number of aromatic nitrogens is 2. The van der Waals surface area contributed by atoms with Crippen LogP contribution in [0.5, 0.6) is 0 Å².